The third-order valence-corrected chi connectivity index (χ3v) is 3.69. The zero-order valence-corrected chi connectivity index (χ0v) is 10.2. The van der Waals surface area contributed by atoms with Gasteiger partial charge in [0.2, 0.25) is 0 Å². The van der Waals surface area contributed by atoms with E-state index in [4.69, 9.17) is 4.74 Å². The van der Waals surface area contributed by atoms with Crippen molar-refractivity contribution >= 4 is 6.09 Å². The van der Waals surface area contributed by atoms with Crippen LogP contribution in [0.2, 0.25) is 0 Å². The Morgan fingerprint density at radius 2 is 2.06 bits per heavy atom. The van der Waals surface area contributed by atoms with Crippen LogP contribution in [0.4, 0.5) is 4.79 Å². The van der Waals surface area contributed by atoms with Crippen LogP contribution in [0, 0.1) is 5.41 Å². The molecule has 2 unspecified atom stereocenters. The average Bonchev–Trinajstić information content (AvgIpc) is 2.04. The molecule has 4 heteroatoms. The Morgan fingerprint density at radius 1 is 1.44 bits per heavy atom. The van der Waals surface area contributed by atoms with Crippen molar-refractivity contribution in [3.8, 4) is 0 Å². The molecule has 2 saturated carbocycles. The van der Waals surface area contributed by atoms with E-state index in [-0.39, 0.29) is 17.6 Å². The van der Waals surface area contributed by atoms with Crippen molar-refractivity contribution in [2.24, 2.45) is 5.41 Å². The van der Waals surface area contributed by atoms with Gasteiger partial charge in [-0.3, -0.25) is 0 Å². The standard InChI is InChI=1S/C12H21NO3/c1-11(2,3)16-10(15)13-8-7-12(9(8)14)5-4-6-12/h8-9,14H,4-7H2,1-3H3,(H,13,15). The third kappa shape index (κ3) is 2.03. The number of rotatable bonds is 1. The number of ether oxygens (including phenoxy) is 1. The first-order valence-corrected chi connectivity index (χ1v) is 6.00. The highest BCUT2D eigenvalue weighted by atomic mass is 16.6. The molecular formula is C12H21NO3. The normalized spacial score (nSPS) is 31.5. The molecule has 0 radical (unpaired) electrons. The second-order valence-electron chi connectivity index (χ2n) is 6.12. The van der Waals surface area contributed by atoms with E-state index in [9.17, 15) is 9.90 Å². The van der Waals surface area contributed by atoms with E-state index < -0.39 is 11.7 Å². The smallest absolute Gasteiger partial charge is 0.407 e. The van der Waals surface area contributed by atoms with E-state index >= 15 is 0 Å². The molecule has 2 rings (SSSR count). The molecule has 0 bridgehead atoms. The lowest BCUT2D eigenvalue weighted by molar-refractivity contribution is -0.140. The molecule has 2 fully saturated rings. The van der Waals surface area contributed by atoms with Crippen LogP contribution in [0.5, 0.6) is 0 Å². The van der Waals surface area contributed by atoms with Gasteiger partial charge in [0, 0.05) is 5.41 Å². The highest BCUT2D eigenvalue weighted by Crippen LogP contribution is 2.55. The van der Waals surface area contributed by atoms with Crippen LogP contribution < -0.4 is 5.32 Å². The summed E-state index contributed by atoms with van der Waals surface area (Å²) in [6.07, 6.45) is 3.49. The van der Waals surface area contributed by atoms with Gasteiger partial charge in [0.15, 0.2) is 0 Å². The third-order valence-electron chi connectivity index (χ3n) is 3.69. The first-order valence-electron chi connectivity index (χ1n) is 6.00. The second-order valence-corrected chi connectivity index (χ2v) is 6.12. The molecule has 0 saturated heterocycles. The molecule has 16 heavy (non-hydrogen) atoms. The van der Waals surface area contributed by atoms with Gasteiger partial charge >= 0.3 is 6.09 Å². The zero-order valence-electron chi connectivity index (χ0n) is 10.2. The number of alkyl carbamates (subject to hydrolysis) is 1. The molecule has 4 nitrogen and oxygen atoms in total. The van der Waals surface area contributed by atoms with E-state index in [1.165, 1.54) is 6.42 Å². The van der Waals surface area contributed by atoms with Gasteiger partial charge in [0.1, 0.15) is 5.60 Å². The monoisotopic (exact) mass is 227 g/mol. The molecule has 2 N–H and O–H groups in total. The topological polar surface area (TPSA) is 58.6 Å². The minimum absolute atomic E-state index is 0.116. The molecule has 2 atom stereocenters. The molecular weight excluding hydrogens is 206 g/mol. The summed E-state index contributed by atoms with van der Waals surface area (Å²) < 4.78 is 5.15. The van der Waals surface area contributed by atoms with Gasteiger partial charge in [-0.1, -0.05) is 6.42 Å². The van der Waals surface area contributed by atoms with Gasteiger partial charge in [-0.2, -0.15) is 0 Å². The van der Waals surface area contributed by atoms with Gasteiger partial charge < -0.3 is 15.2 Å². The number of hydrogen-bond donors (Lipinski definition) is 2. The predicted octanol–water partition coefficient (Wildman–Crippen LogP) is 1.81. The van der Waals surface area contributed by atoms with Crippen LogP contribution in [0.1, 0.15) is 46.5 Å². The van der Waals surface area contributed by atoms with Crippen LogP contribution >= 0.6 is 0 Å². The van der Waals surface area contributed by atoms with Crippen molar-refractivity contribution in [3.05, 3.63) is 0 Å². The Hall–Kier alpha value is -0.770. The molecule has 0 aromatic heterocycles. The molecule has 92 valence electrons. The van der Waals surface area contributed by atoms with Gasteiger partial charge in [-0.15, -0.1) is 0 Å². The Labute approximate surface area is 96.4 Å². The number of aliphatic hydroxyl groups is 1. The van der Waals surface area contributed by atoms with Crippen molar-refractivity contribution in [3.63, 3.8) is 0 Å². The summed E-state index contributed by atoms with van der Waals surface area (Å²) in [5.41, 5.74) is -0.355. The van der Waals surface area contributed by atoms with Gasteiger partial charge in [0.25, 0.3) is 0 Å². The molecule has 0 aromatic carbocycles. The van der Waals surface area contributed by atoms with Crippen LogP contribution in [-0.4, -0.2) is 28.9 Å². The number of nitrogens with one attached hydrogen (secondary N) is 1. The minimum atomic E-state index is -0.479. The van der Waals surface area contributed by atoms with Crippen LogP contribution in [-0.2, 0) is 4.74 Å². The highest BCUT2D eigenvalue weighted by molar-refractivity contribution is 5.68. The lowest BCUT2D eigenvalue weighted by Crippen LogP contribution is -2.65. The fourth-order valence-electron chi connectivity index (χ4n) is 2.66. The number of carbonyl (C=O) groups is 1. The minimum Gasteiger partial charge on any atom is -0.444 e. The fourth-order valence-corrected chi connectivity index (χ4v) is 2.66. The summed E-state index contributed by atoms with van der Waals surface area (Å²) in [6.45, 7) is 5.49. The van der Waals surface area contributed by atoms with Crippen molar-refractivity contribution in [1.82, 2.24) is 5.32 Å². The van der Waals surface area contributed by atoms with Crippen LogP contribution in [0.3, 0.4) is 0 Å². The molecule has 2 aliphatic rings. The molecule has 0 aliphatic heterocycles. The SMILES string of the molecule is CC(C)(C)OC(=O)NC1CC2(CCC2)C1O. The second kappa shape index (κ2) is 3.62. The van der Waals surface area contributed by atoms with Gasteiger partial charge in [-0.05, 0) is 40.0 Å². The largest absolute Gasteiger partial charge is 0.444 e. The highest BCUT2D eigenvalue weighted by Gasteiger charge is 2.56. The summed E-state index contributed by atoms with van der Waals surface area (Å²) in [5, 5.41) is 12.7. The Morgan fingerprint density at radius 3 is 2.44 bits per heavy atom. The van der Waals surface area contributed by atoms with E-state index in [0.29, 0.717) is 0 Å². The summed E-state index contributed by atoms with van der Waals surface area (Å²) in [6, 6.07) is -0.116. The fraction of sp³-hybridized carbons (Fsp3) is 0.917. The summed E-state index contributed by atoms with van der Waals surface area (Å²) >= 11 is 0. The van der Waals surface area contributed by atoms with Crippen LogP contribution in [0.25, 0.3) is 0 Å². The number of hydrogen-bond acceptors (Lipinski definition) is 3. The van der Waals surface area contributed by atoms with Crippen LogP contribution in [0.15, 0.2) is 0 Å². The van der Waals surface area contributed by atoms with Gasteiger partial charge in [-0.25, -0.2) is 4.79 Å². The van der Waals surface area contributed by atoms with E-state index in [1.807, 2.05) is 20.8 Å². The van der Waals surface area contributed by atoms with E-state index in [1.54, 1.807) is 0 Å². The number of aliphatic hydroxyl groups excluding tert-OH is 1. The predicted molar refractivity (Wildman–Crippen MR) is 60.1 cm³/mol. The van der Waals surface area contributed by atoms with E-state index in [2.05, 4.69) is 5.32 Å². The van der Waals surface area contributed by atoms with Crippen molar-refractivity contribution in [1.29, 1.82) is 0 Å². The van der Waals surface area contributed by atoms with Crippen molar-refractivity contribution < 1.29 is 14.6 Å². The summed E-state index contributed by atoms with van der Waals surface area (Å²) in [4.78, 5) is 11.5. The van der Waals surface area contributed by atoms with Crippen molar-refractivity contribution in [2.75, 3.05) is 0 Å². The van der Waals surface area contributed by atoms with E-state index in [0.717, 1.165) is 19.3 Å². The molecule has 1 spiro atoms. The first-order chi connectivity index (χ1) is 7.32. The Bertz CT molecular complexity index is 291. The molecule has 0 aromatic rings. The maximum Gasteiger partial charge on any atom is 0.407 e. The first kappa shape index (κ1) is 11.7. The maximum atomic E-state index is 11.5. The summed E-state index contributed by atoms with van der Waals surface area (Å²) in [5.74, 6) is 0. The Balaban J connectivity index is 1.77. The molecule has 0 heterocycles. The maximum absolute atomic E-state index is 11.5. The lowest BCUT2D eigenvalue weighted by atomic mass is 9.52. The number of amides is 1. The summed E-state index contributed by atoms with van der Waals surface area (Å²) in [7, 11) is 0. The molecule has 2 aliphatic carbocycles. The zero-order chi connectivity index (χ0) is 12.0. The number of carbonyl (C=O) groups excluding carboxylic acids is 1. The Kier molecular flexibility index (Phi) is 2.65. The quantitative estimate of drug-likeness (QED) is 0.718. The average molecular weight is 227 g/mol. The lowest BCUT2D eigenvalue weighted by Gasteiger charge is -2.58. The van der Waals surface area contributed by atoms with Gasteiger partial charge in [0.05, 0.1) is 12.1 Å². The molecule has 1 amide bonds. The van der Waals surface area contributed by atoms with Crippen molar-refractivity contribution in [2.45, 2.75) is 64.2 Å².